The van der Waals surface area contributed by atoms with Gasteiger partial charge in [-0.25, -0.2) is 4.79 Å². The minimum absolute atomic E-state index is 0.0378. The fourth-order valence-corrected chi connectivity index (χ4v) is 3.35. The van der Waals surface area contributed by atoms with E-state index in [-0.39, 0.29) is 42.2 Å². The molecule has 10 nitrogen and oxygen atoms in total. The van der Waals surface area contributed by atoms with Gasteiger partial charge in [-0.2, -0.15) is 0 Å². The maximum Gasteiger partial charge on any atom is 0.326 e. The van der Waals surface area contributed by atoms with Crippen LogP contribution in [-0.2, 0) is 20.8 Å². The van der Waals surface area contributed by atoms with E-state index in [0.717, 1.165) is 0 Å². The van der Waals surface area contributed by atoms with E-state index in [9.17, 15) is 24.3 Å². The molecular formula is C24H29ClN4O6. The largest absolute Gasteiger partial charge is 0.491 e. The van der Waals surface area contributed by atoms with Crippen molar-refractivity contribution in [1.29, 1.82) is 0 Å². The van der Waals surface area contributed by atoms with Gasteiger partial charge in [0.1, 0.15) is 24.4 Å². The Hall–Kier alpha value is -3.63. The number of carbonyl (C=O) groups excluding carboxylic acids is 3. The second-order valence-corrected chi connectivity index (χ2v) is 8.15. The van der Waals surface area contributed by atoms with Crippen LogP contribution in [0.15, 0.2) is 48.5 Å². The van der Waals surface area contributed by atoms with Gasteiger partial charge >= 0.3 is 5.97 Å². The SMILES string of the molecule is CNCCOc1ccc(Cl)cc1C(=O)N[C@@H](CCC(N)=O)C(=O)N[C@@H](Cc1ccccc1)C(=O)O. The molecule has 0 radical (unpaired) electrons. The number of carboxylic acids is 1. The molecule has 0 fully saturated rings. The molecule has 2 rings (SSSR count). The van der Waals surface area contributed by atoms with Crippen molar-refractivity contribution in [2.75, 3.05) is 20.2 Å². The molecule has 0 spiro atoms. The Bertz CT molecular complexity index is 1030. The van der Waals surface area contributed by atoms with Crippen molar-refractivity contribution in [2.45, 2.75) is 31.3 Å². The summed E-state index contributed by atoms with van der Waals surface area (Å²) in [6, 6.07) is 10.8. The summed E-state index contributed by atoms with van der Waals surface area (Å²) in [6.07, 6.45) is -0.285. The number of halogens is 1. The molecule has 6 N–H and O–H groups in total. The van der Waals surface area contributed by atoms with Gasteiger partial charge in [0.2, 0.25) is 11.8 Å². The number of carboxylic acid groups (broad SMARTS) is 1. The summed E-state index contributed by atoms with van der Waals surface area (Å²) >= 11 is 6.05. The van der Waals surface area contributed by atoms with Gasteiger partial charge in [-0.05, 0) is 37.2 Å². The summed E-state index contributed by atoms with van der Waals surface area (Å²) in [7, 11) is 1.75. The molecular weight excluding hydrogens is 476 g/mol. The Morgan fingerprint density at radius 3 is 2.40 bits per heavy atom. The molecule has 0 heterocycles. The van der Waals surface area contributed by atoms with Crippen LogP contribution >= 0.6 is 11.6 Å². The average molecular weight is 505 g/mol. The van der Waals surface area contributed by atoms with Crippen molar-refractivity contribution < 1.29 is 29.0 Å². The van der Waals surface area contributed by atoms with Crippen LogP contribution in [0.5, 0.6) is 5.75 Å². The molecule has 0 saturated heterocycles. The summed E-state index contributed by atoms with van der Waals surface area (Å²) in [5.41, 5.74) is 6.02. The average Bonchev–Trinajstić information content (AvgIpc) is 2.82. The molecule has 0 aliphatic heterocycles. The highest BCUT2D eigenvalue weighted by Gasteiger charge is 2.28. The minimum Gasteiger partial charge on any atom is -0.491 e. The van der Waals surface area contributed by atoms with E-state index >= 15 is 0 Å². The van der Waals surface area contributed by atoms with Crippen LogP contribution in [0.4, 0.5) is 0 Å². The van der Waals surface area contributed by atoms with Crippen molar-refractivity contribution in [1.82, 2.24) is 16.0 Å². The van der Waals surface area contributed by atoms with Crippen molar-refractivity contribution in [3.8, 4) is 5.75 Å². The van der Waals surface area contributed by atoms with Gasteiger partial charge < -0.3 is 31.5 Å². The van der Waals surface area contributed by atoms with Crippen LogP contribution < -0.4 is 26.4 Å². The van der Waals surface area contributed by atoms with E-state index in [1.165, 1.54) is 12.1 Å². The van der Waals surface area contributed by atoms with E-state index in [1.54, 1.807) is 43.4 Å². The standard InChI is InChI=1S/C24H29ClN4O6/c1-27-11-12-35-20-9-7-16(25)14-17(20)22(31)28-18(8-10-21(26)30)23(32)29-19(24(33)34)13-15-5-3-2-4-6-15/h2-7,9,14,18-19,27H,8,10-13H2,1H3,(H2,26,30)(H,28,31)(H,29,32)(H,33,34)/t18-,19-/m0/s1. The van der Waals surface area contributed by atoms with Gasteiger partial charge in [0.25, 0.3) is 5.91 Å². The molecule has 0 saturated carbocycles. The van der Waals surface area contributed by atoms with Gasteiger partial charge in [-0.3, -0.25) is 14.4 Å². The highest BCUT2D eigenvalue weighted by Crippen LogP contribution is 2.23. The van der Waals surface area contributed by atoms with Crippen LogP contribution in [0.2, 0.25) is 5.02 Å². The number of aliphatic carboxylic acids is 1. The lowest BCUT2D eigenvalue weighted by molar-refractivity contribution is -0.142. The number of likely N-dealkylation sites (N-methyl/N-ethyl adjacent to an activating group) is 1. The zero-order valence-electron chi connectivity index (χ0n) is 19.3. The molecule has 0 aromatic heterocycles. The Kier molecular flexibility index (Phi) is 11.0. The quantitative estimate of drug-likeness (QED) is 0.241. The third-order valence-electron chi connectivity index (χ3n) is 4.99. The number of amides is 3. The molecule has 0 bridgehead atoms. The number of hydrogen-bond acceptors (Lipinski definition) is 6. The van der Waals surface area contributed by atoms with Crippen molar-refractivity contribution >= 4 is 35.3 Å². The topological polar surface area (TPSA) is 160 Å². The van der Waals surface area contributed by atoms with E-state index in [1.807, 2.05) is 0 Å². The first-order chi connectivity index (χ1) is 16.7. The minimum atomic E-state index is -1.25. The second kappa shape index (κ2) is 13.9. The number of primary amides is 1. The van der Waals surface area contributed by atoms with Crippen LogP contribution in [0.25, 0.3) is 0 Å². The zero-order chi connectivity index (χ0) is 25.8. The Morgan fingerprint density at radius 2 is 1.77 bits per heavy atom. The highest BCUT2D eigenvalue weighted by atomic mass is 35.5. The molecule has 11 heteroatoms. The number of carbonyl (C=O) groups is 4. The predicted octanol–water partition coefficient (Wildman–Crippen LogP) is 1.11. The maximum absolute atomic E-state index is 13.0. The van der Waals surface area contributed by atoms with Gasteiger partial charge in [0.15, 0.2) is 0 Å². The van der Waals surface area contributed by atoms with Crippen molar-refractivity contribution in [2.24, 2.45) is 5.73 Å². The normalized spacial score (nSPS) is 12.3. The van der Waals surface area contributed by atoms with E-state index < -0.39 is 35.8 Å². The summed E-state index contributed by atoms with van der Waals surface area (Å²) in [4.78, 5) is 49.1. The smallest absolute Gasteiger partial charge is 0.326 e. The first kappa shape index (κ1) is 27.6. The van der Waals surface area contributed by atoms with Gasteiger partial charge in [-0.15, -0.1) is 0 Å². The lowest BCUT2D eigenvalue weighted by atomic mass is 10.0. The summed E-state index contributed by atoms with van der Waals surface area (Å²) in [6.45, 7) is 0.815. The first-order valence-corrected chi connectivity index (χ1v) is 11.3. The predicted molar refractivity (Wildman–Crippen MR) is 130 cm³/mol. The zero-order valence-corrected chi connectivity index (χ0v) is 20.0. The van der Waals surface area contributed by atoms with Crippen LogP contribution in [-0.4, -0.2) is 61.1 Å². The van der Waals surface area contributed by atoms with Crippen LogP contribution in [0.1, 0.15) is 28.8 Å². The fourth-order valence-electron chi connectivity index (χ4n) is 3.18. The number of nitrogens with one attached hydrogen (secondary N) is 3. The Balaban J connectivity index is 2.20. The van der Waals surface area contributed by atoms with Gasteiger partial charge in [0, 0.05) is 24.4 Å². The van der Waals surface area contributed by atoms with Crippen molar-refractivity contribution in [3.05, 3.63) is 64.7 Å². The third-order valence-corrected chi connectivity index (χ3v) is 5.23. The fraction of sp³-hybridized carbons (Fsp3) is 0.333. The van der Waals surface area contributed by atoms with E-state index in [4.69, 9.17) is 22.1 Å². The monoisotopic (exact) mass is 504 g/mol. The molecule has 0 unspecified atom stereocenters. The van der Waals surface area contributed by atoms with Gasteiger partial charge in [0.05, 0.1) is 5.56 Å². The third kappa shape index (κ3) is 9.26. The summed E-state index contributed by atoms with van der Waals surface area (Å²) in [5.74, 6) is -3.09. The molecule has 2 aromatic rings. The molecule has 35 heavy (non-hydrogen) atoms. The number of ether oxygens (including phenoxy) is 1. The first-order valence-electron chi connectivity index (χ1n) is 10.9. The number of rotatable bonds is 14. The number of nitrogens with two attached hydrogens (primary N) is 1. The Labute approximate surface area is 208 Å². The molecule has 0 aliphatic carbocycles. The molecule has 2 atom stereocenters. The lowest BCUT2D eigenvalue weighted by Gasteiger charge is -2.22. The molecule has 2 aromatic carbocycles. The van der Waals surface area contributed by atoms with Crippen LogP contribution in [0.3, 0.4) is 0 Å². The van der Waals surface area contributed by atoms with Crippen LogP contribution in [0, 0.1) is 0 Å². The summed E-state index contributed by atoms with van der Waals surface area (Å²) < 4.78 is 5.62. The molecule has 3 amide bonds. The van der Waals surface area contributed by atoms with E-state index in [0.29, 0.717) is 12.1 Å². The van der Waals surface area contributed by atoms with E-state index in [2.05, 4.69) is 16.0 Å². The Morgan fingerprint density at radius 1 is 1.06 bits per heavy atom. The molecule has 0 aliphatic rings. The lowest BCUT2D eigenvalue weighted by Crippen LogP contribution is -2.52. The highest BCUT2D eigenvalue weighted by molar-refractivity contribution is 6.31. The van der Waals surface area contributed by atoms with Crippen molar-refractivity contribution in [3.63, 3.8) is 0 Å². The van der Waals surface area contributed by atoms with Gasteiger partial charge in [-0.1, -0.05) is 41.9 Å². The number of benzene rings is 2. The number of hydrogen-bond donors (Lipinski definition) is 5. The maximum atomic E-state index is 13.0. The molecule has 188 valence electrons. The second-order valence-electron chi connectivity index (χ2n) is 7.71. The summed E-state index contributed by atoms with van der Waals surface area (Å²) in [5, 5.41) is 17.8.